The molecule has 0 aliphatic carbocycles. The summed E-state index contributed by atoms with van der Waals surface area (Å²) in [5.41, 5.74) is 7.84. The van der Waals surface area contributed by atoms with Crippen LogP contribution in [0.15, 0.2) is 115 Å². The summed E-state index contributed by atoms with van der Waals surface area (Å²) in [5, 5.41) is 7.13. The predicted octanol–water partition coefficient (Wildman–Crippen LogP) is 9.49. The van der Waals surface area contributed by atoms with Gasteiger partial charge in [0.05, 0.1) is 0 Å². The molecule has 6 aromatic rings. The molecule has 0 atom stereocenters. The van der Waals surface area contributed by atoms with Crippen LogP contribution in [-0.4, -0.2) is 19.9 Å². The minimum absolute atomic E-state index is 0.504. The summed E-state index contributed by atoms with van der Waals surface area (Å²) in [6.45, 7) is 8.89. The summed E-state index contributed by atoms with van der Waals surface area (Å²) in [6.07, 6.45) is 0. The van der Waals surface area contributed by atoms with Crippen LogP contribution in [-0.2, 0) is 13.2 Å². The van der Waals surface area contributed by atoms with Crippen LogP contribution in [0.5, 0.6) is 11.5 Å². The minimum Gasteiger partial charge on any atom is -0.489 e. The molecule has 238 valence electrons. The number of aryl methyl sites for hydroxylation is 4. The van der Waals surface area contributed by atoms with E-state index in [4.69, 9.17) is 21.1 Å². The lowest BCUT2D eigenvalue weighted by Crippen LogP contribution is -2.00. The first-order valence-electron chi connectivity index (χ1n) is 15.2. The Balaban J connectivity index is 0.000000185. The lowest BCUT2D eigenvalue weighted by atomic mass is 10.2. The fraction of sp³-hybridized carbons (Fsp3) is 0.158. The SMILES string of the molecule is Cc1cc(C)nc(Nc2ccc(OCc3ccc(Cl)cc3)cc2)n1.Cc1cc(C)nc(Nc2ccc(OCc3ccccc3)cc2)n1. The Kier molecular flexibility index (Phi) is 11.3. The monoisotopic (exact) mass is 644 g/mol. The molecular formula is C38H37ClN6O2. The summed E-state index contributed by atoms with van der Waals surface area (Å²) in [6, 6.07) is 37.2. The summed E-state index contributed by atoms with van der Waals surface area (Å²) in [4.78, 5) is 17.5. The van der Waals surface area contributed by atoms with Gasteiger partial charge in [-0.15, -0.1) is 0 Å². The number of halogens is 1. The quantitative estimate of drug-likeness (QED) is 0.152. The van der Waals surface area contributed by atoms with Crippen molar-refractivity contribution in [3.63, 3.8) is 0 Å². The van der Waals surface area contributed by atoms with Gasteiger partial charge in [0, 0.05) is 39.2 Å². The highest BCUT2D eigenvalue weighted by Gasteiger charge is 2.03. The van der Waals surface area contributed by atoms with Crippen molar-refractivity contribution in [2.75, 3.05) is 10.6 Å². The van der Waals surface area contributed by atoms with Crippen molar-refractivity contribution in [1.82, 2.24) is 19.9 Å². The van der Waals surface area contributed by atoms with Crippen molar-refractivity contribution in [2.45, 2.75) is 40.9 Å². The number of ether oxygens (including phenoxy) is 2. The molecule has 0 fully saturated rings. The number of rotatable bonds is 10. The van der Waals surface area contributed by atoms with Crippen molar-refractivity contribution in [2.24, 2.45) is 0 Å². The highest BCUT2D eigenvalue weighted by atomic mass is 35.5. The summed E-state index contributed by atoms with van der Waals surface area (Å²) in [7, 11) is 0. The van der Waals surface area contributed by atoms with E-state index in [1.165, 1.54) is 0 Å². The van der Waals surface area contributed by atoms with E-state index >= 15 is 0 Å². The van der Waals surface area contributed by atoms with Crippen LogP contribution >= 0.6 is 11.6 Å². The second-order valence-corrected chi connectivity index (χ2v) is 11.4. The summed E-state index contributed by atoms with van der Waals surface area (Å²) >= 11 is 5.87. The van der Waals surface area contributed by atoms with Crippen molar-refractivity contribution >= 4 is 34.9 Å². The molecular weight excluding hydrogens is 608 g/mol. The average molecular weight is 645 g/mol. The zero-order valence-corrected chi connectivity index (χ0v) is 27.6. The first kappa shape index (κ1) is 32.9. The first-order chi connectivity index (χ1) is 22.8. The van der Waals surface area contributed by atoms with E-state index < -0.39 is 0 Å². The predicted molar refractivity (Wildman–Crippen MR) is 189 cm³/mol. The Morgan fingerprint density at radius 1 is 0.489 bits per heavy atom. The standard InChI is InChI=1S/C19H18ClN3O.C19H19N3O/c1-13-11-14(2)22-19(21-13)23-17-7-9-18(10-8-17)24-12-15-3-5-16(20)6-4-15;1-14-12-15(2)21-19(20-14)22-17-8-10-18(11-9-17)23-13-16-6-4-3-5-7-16/h3-11H,12H2,1-2H3,(H,21,22,23);3-12H,13H2,1-2H3,(H,20,21,22). The van der Waals surface area contributed by atoms with Gasteiger partial charge in [0.25, 0.3) is 0 Å². The number of aromatic nitrogens is 4. The Hall–Kier alpha value is -5.47. The van der Waals surface area contributed by atoms with Crippen LogP contribution in [0.3, 0.4) is 0 Å². The van der Waals surface area contributed by atoms with Gasteiger partial charge in [0.2, 0.25) is 11.9 Å². The third kappa shape index (κ3) is 10.8. The largest absolute Gasteiger partial charge is 0.489 e. The molecule has 2 heterocycles. The van der Waals surface area contributed by atoms with Gasteiger partial charge in [-0.3, -0.25) is 0 Å². The Bertz CT molecular complexity index is 1830. The fourth-order valence-electron chi connectivity index (χ4n) is 4.58. The highest BCUT2D eigenvalue weighted by Crippen LogP contribution is 2.21. The molecule has 0 saturated heterocycles. The molecule has 2 N–H and O–H groups in total. The Labute approximate surface area is 280 Å². The molecule has 0 aliphatic rings. The minimum atomic E-state index is 0.504. The molecule has 0 radical (unpaired) electrons. The molecule has 0 spiro atoms. The van der Waals surface area contributed by atoms with Gasteiger partial charge in [0.1, 0.15) is 24.7 Å². The molecule has 0 unspecified atom stereocenters. The second kappa shape index (κ2) is 16.2. The number of nitrogens with zero attached hydrogens (tertiary/aromatic N) is 4. The number of anilines is 4. The molecule has 9 heteroatoms. The van der Waals surface area contributed by atoms with Crippen molar-refractivity contribution < 1.29 is 9.47 Å². The van der Waals surface area contributed by atoms with E-state index in [1.807, 2.05) is 143 Å². The van der Waals surface area contributed by atoms with Crippen molar-refractivity contribution in [1.29, 1.82) is 0 Å². The topological polar surface area (TPSA) is 94.1 Å². The van der Waals surface area contributed by atoms with E-state index in [2.05, 4.69) is 30.6 Å². The Morgan fingerprint density at radius 2 is 0.872 bits per heavy atom. The third-order valence-electron chi connectivity index (χ3n) is 6.75. The van der Waals surface area contributed by atoms with Gasteiger partial charge in [-0.1, -0.05) is 54.1 Å². The van der Waals surface area contributed by atoms with Gasteiger partial charge >= 0.3 is 0 Å². The molecule has 0 bridgehead atoms. The summed E-state index contributed by atoms with van der Waals surface area (Å²) < 4.78 is 11.5. The van der Waals surface area contributed by atoms with E-state index in [0.717, 1.165) is 61.8 Å². The zero-order valence-electron chi connectivity index (χ0n) is 26.9. The van der Waals surface area contributed by atoms with Crippen molar-refractivity contribution in [3.05, 3.63) is 154 Å². The van der Waals surface area contributed by atoms with Crippen molar-refractivity contribution in [3.8, 4) is 11.5 Å². The molecule has 4 aromatic carbocycles. The van der Waals surface area contributed by atoms with Crippen LogP contribution in [0, 0.1) is 27.7 Å². The Morgan fingerprint density at radius 3 is 1.28 bits per heavy atom. The molecule has 6 rings (SSSR count). The van der Waals surface area contributed by atoms with Gasteiger partial charge < -0.3 is 20.1 Å². The lowest BCUT2D eigenvalue weighted by Gasteiger charge is -2.09. The third-order valence-corrected chi connectivity index (χ3v) is 7.00. The number of hydrogen-bond donors (Lipinski definition) is 2. The maximum absolute atomic E-state index is 5.87. The van der Waals surface area contributed by atoms with E-state index in [9.17, 15) is 0 Å². The van der Waals surface area contributed by atoms with E-state index in [1.54, 1.807) is 0 Å². The molecule has 2 aromatic heterocycles. The van der Waals surface area contributed by atoms with Crippen LogP contribution in [0.2, 0.25) is 5.02 Å². The number of hydrogen-bond acceptors (Lipinski definition) is 8. The van der Waals surface area contributed by atoms with Gasteiger partial charge in [0.15, 0.2) is 0 Å². The van der Waals surface area contributed by atoms with Crippen LogP contribution in [0.1, 0.15) is 33.9 Å². The molecule has 0 aliphatic heterocycles. The molecule has 0 amide bonds. The van der Waals surface area contributed by atoms with Gasteiger partial charge in [-0.25, -0.2) is 19.9 Å². The van der Waals surface area contributed by atoms with Crippen LogP contribution in [0.25, 0.3) is 0 Å². The summed E-state index contributed by atoms with van der Waals surface area (Å²) in [5.74, 6) is 2.85. The van der Waals surface area contributed by atoms with E-state index in [-0.39, 0.29) is 0 Å². The lowest BCUT2D eigenvalue weighted by molar-refractivity contribution is 0.306. The van der Waals surface area contributed by atoms with Crippen LogP contribution in [0.4, 0.5) is 23.3 Å². The number of benzene rings is 4. The molecule has 8 nitrogen and oxygen atoms in total. The van der Waals surface area contributed by atoms with Gasteiger partial charge in [-0.05, 0) is 112 Å². The fourth-order valence-corrected chi connectivity index (χ4v) is 4.71. The number of nitrogens with one attached hydrogen (secondary N) is 2. The second-order valence-electron chi connectivity index (χ2n) is 10.9. The maximum atomic E-state index is 5.87. The maximum Gasteiger partial charge on any atom is 0.227 e. The highest BCUT2D eigenvalue weighted by molar-refractivity contribution is 6.30. The van der Waals surface area contributed by atoms with Gasteiger partial charge in [-0.2, -0.15) is 0 Å². The average Bonchev–Trinajstić information content (AvgIpc) is 3.05. The van der Waals surface area contributed by atoms with E-state index in [0.29, 0.717) is 25.1 Å². The smallest absolute Gasteiger partial charge is 0.227 e. The zero-order chi connectivity index (χ0) is 33.0. The van der Waals surface area contributed by atoms with Crippen LogP contribution < -0.4 is 20.1 Å². The first-order valence-corrected chi connectivity index (χ1v) is 15.6. The normalized spacial score (nSPS) is 10.4. The molecule has 47 heavy (non-hydrogen) atoms. The molecule has 0 saturated carbocycles.